The fourth-order valence-corrected chi connectivity index (χ4v) is 3.40. The van der Waals surface area contributed by atoms with Gasteiger partial charge in [0.25, 0.3) is 0 Å². The topological polar surface area (TPSA) is 46.2 Å². The third kappa shape index (κ3) is 2.69. The molecule has 0 aromatic heterocycles. The fraction of sp³-hybridized carbons (Fsp3) is 0.294. The van der Waals surface area contributed by atoms with Gasteiger partial charge in [-0.3, -0.25) is 0 Å². The van der Waals surface area contributed by atoms with Gasteiger partial charge in [0.05, 0.1) is 16.1 Å². The Morgan fingerprint density at radius 2 is 1.90 bits per heavy atom. The molecule has 2 aromatic rings. The van der Waals surface area contributed by atoms with Gasteiger partial charge in [-0.1, -0.05) is 53.5 Å². The zero-order valence-electron chi connectivity index (χ0n) is 11.5. The molecule has 1 aliphatic carbocycles. The van der Waals surface area contributed by atoms with Gasteiger partial charge in [0, 0.05) is 18.4 Å². The van der Waals surface area contributed by atoms with Gasteiger partial charge in [-0.05, 0) is 35.2 Å². The summed E-state index contributed by atoms with van der Waals surface area (Å²) in [6.07, 6.45) is 0.386. The minimum absolute atomic E-state index is 0.141. The summed E-state index contributed by atoms with van der Waals surface area (Å²) >= 11 is 12.0. The molecule has 0 fully saturated rings. The number of hydrogen-bond acceptors (Lipinski definition) is 2. The smallest absolute Gasteiger partial charge is 0.0692 e. The van der Waals surface area contributed by atoms with Crippen LogP contribution in [0.2, 0.25) is 10.0 Å². The number of fused-ring (bicyclic) bond motifs is 1. The van der Waals surface area contributed by atoms with Gasteiger partial charge in [0.15, 0.2) is 0 Å². The van der Waals surface area contributed by atoms with E-state index in [9.17, 15) is 5.11 Å². The molecule has 0 radical (unpaired) electrons. The molecular formula is C17H17Cl2NO. The Bertz CT molecular complexity index is 659. The third-order valence-corrected chi connectivity index (χ3v) is 5.08. The van der Waals surface area contributed by atoms with E-state index >= 15 is 0 Å². The van der Waals surface area contributed by atoms with E-state index < -0.39 is 6.10 Å². The van der Waals surface area contributed by atoms with Gasteiger partial charge in [-0.25, -0.2) is 0 Å². The van der Waals surface area contributed by atoms with Crippen LogP contribution in [-0.4, -0.2) is 17.8 Å². The molecule has 0 saturated carbocycles. The second-order valence-electron chi connectivity index (χ2n) is 5.52. The highest BCUT2D eigenvalue weighted by atomic mass is 35.5. The van der Waals surface area contributed by atoms with Crippen LogP contribution in [0.1, 0.15) is 28.5 Å². The maximum Gasteiger partial charge on any atom is 0.0692 e. The predicted molar refractivity (Wildman–Crippen MR) is 87.2 cm³/mol. The van der Waals surface area contributed by atoms with E-state index in [1.165, 1.54) is 11.1 Å². The maximum atomic E-state index is 10.7. The molecule has 3 rings (SSSR count). The molecule has 21 heavy (non-hydrogen) atoms. The van der Waals surface area contributed by atoms with Gasteiger partial charge >= 0.3 is 0 Å². The van der Waals surface area contributed by atoms with Crippen molar-refractivity contribution >= 4 is 23.2 Å². The van der Waals surface area contributed by atoms with Crippen molar-refractivity contribution in [2.45, 2.75) is 24.4 Å². The van der Waals surface area contributed by atoms with Crippen molar-refractivity contribution < 1.29 is 5.11 Å². The first kappa shape index (κ1) is 14.9. The third-order valence-electron chi connectivity index (χ3n) is 4.34. The maximum absolute atomic E-state index is 10.7. The zero-order valence-corrected chi connectivity index (χ0v) is 13.0. The van der Waals surface area contributed by atoms with Crippen LogP contribution in [-0.2, 0) is 6.42 Å². The van der Waals surface area contributed by atoms with Crippen LogP contribution in [0.15, 0.2) is 42.5 Å². The van der Waals surface area contributed by atoms with Crippen LogP contribution < -0.4 is 5.73 Å². The highest BCUT2D eigenvalue weighted by molar-refractivity contribution is 6.42. The normalized spacial score (nSPS) is 19.5. The van der Waals surface area contributed by atoms with Crippen LogP contribution >= 0.6 is 23.2 Å². The summed E-state index contributed by atoms with van der Waals surface area (Å²) in [5.41, 5.74) is 9.37. The molecule has 0 aliphatic heterocycles. The summed E-state index contributed by atoms with van der Waals surface area (Å²) < 4.78 is 0. The molecule has 4 heteroatoms. The van der Waals surface area contributed by atoms with Crippen molar-refractivity contribution in [3.63, 3.8) is 0 Å². The number of hydrogen-bond donors (Lipinski definition) is 2. The van der Waals surface area contributed by atoms with E-state index in [4.69, 9.17) is 28.9 Å². The molecule has 0 bridgehead atoms. The van der Waals surface area contributed by atoms with Gasteiger partial charge in [0.1, 0.15) is 0 Å². The molecule has 3 N–H and O–H groups in total. The first-order chi connectivity index (χ1) is 10.1. The quantitative estimate of drug-likeness (QED) is 0.901. The Labute approximate surface area is 134 Å². The summed E-state index contributed by atoms with van der Waals surface area (Å²) in [6, 6.07) is 13.7. The predicted octanol–water partition coefficient (Wildman–Crippen LogP) is 3.74. The lowest BCUT2D eigenvalue weighted by Gasteiger charge is -2.37. The van der Waals surface area contributed by atoms with Crippen molar-refractivity contribution in [2.75, 3.05) is 6.54 Å². The van der Waals surface area contributed by atoms with Crippen LogP contribution in [0.5, 0.6) is 0 Å². The minimum Gasteiger partial charge on any atom is -0.392 e. The van der Waals surface area contributed by atoms with Gasteiger partial charge in [-0.2, -0.15) is 0 Å². The van der Waals surface area contributed by atoms with Crippen LogP contribution in [0.4, 0.5) is 0 Å². The highest BCUT2D eigenvalue weighted by Crippen LogP contribution is 2.42. The number of rotatable bonds is 4. The molecule has 1 aliphatic rings. The largest absolute Gasteiger partial charge is 0.392 e. The van der Waals surface area contributed by atoms with Crippen molar-refractivity contribution in [2.24, 2.45) is 5.73 Å². The zero-order chi connectivity index (χ0) is 15.0. The van der Waals surface area contributed by atoms with Gasteiger partial charge in [0.2, 0.25) is 0 Å². The van der Waals surface area contributed by atoms with Crippen LogP contribution in [0, 0.1) is 0 Å². The summed E-state index contributed by atoms with van der Waals surface area (Å²) in [7, 11) is 0. The standard InChI is InChI=1S/C17H17Cl2NO/c18-15-6-5-11(8-16(15)19)14(9-20)17(21)13-7-10-3-1-2-4-12(10)13/h1-6,8,13-14,17,21H,7,9,20H2. The average molecular weight is 322 g/mol. The molecule has 110 valence electrons. The number of benzene rings is 2. The van der Waals surface area contributed by atoms with Crippen molar-refractivity contribution in [1.29, 1.82) is 0 Å². The molecule has 2 aromatic carbocycles. The second kappa shape index (κ2) is 5.98. The summed E-state index contributed by atoms with van der Waals surface area (Å²) in [5, 5.41) is 11.7. The number of aliphatic hydroxyl groups excluding tert-OH is 1. The van der Waals surface area contributed by atoms with Gasteiger partial charge in [-0.15, -0.1) is 0 Å². The molecule has 0 spiro atoms. The lowest BCUT2D eigenvalue weighted by molar-refractivity contribution is 0.106. The second-order valence-corrected chi connectivity index (χ2v) is 6.33. The van der Waals surface area contributed by atoms with Crippen LogP contribution in [0.3, 0.4) is 0 Å². The van der Waals surface area contributed by atoms with Crippen molar-refractivity contribution in [3.05, 3.63) is 69.2 Å². The highest BCUT2D eigenvalue weighted by Gasteiger charge is 2.36. The Hall–Kier alpha value is -1.06. The Kier molecular flexibility index (Phi) is 4.23. The first-order valence-electron chi connectivity index (χ1n) is 7.02. The first-order valence-corrected chi connectivity index (χ1v) is 7.78. The Balaban J connectivity index is 1.85. The molecule has 3 atom stereocenters. The SMILES string of the molecule is NCC(c1ccc(Cl)c(Cl)c1)C(O)C1Cc2ccccc21. The molecule has 0 amide bonds. The average Bonchev–Trinajstić information content (AvgIpc) is 2.45. The van der Waals surface area contributed by atoms with Gasteiger partial charge < -0.3 is 10.8 Å². The van der Waals surface area contributed by atoms with E-state index in [0.29, 0.717) is 16.6 Å². The molecule has 0 saturated heterocycles. The Morgan fingerprint density at radius 3 is 2.57 bits per heavy atom. The summed E-state index contributed by atoms with van der Waals surface area (Å²) in [6.45, 7) is 0.373. The molecule has 3 unspecified atom stereocenters. The van der Waals surface area contributed by atoms with E-state index in [-0.39, 0.29) is 11.8 Å². The number of halogens is 2. The van der Waals surface area contributed by atoms with Crippen molar-refractivity contribution in [1.82, 2.24) is 0 Å². The summed E-state index contributed by atoms with van der Waals surface area (Å²) in [5.74, 6) is 0.00215. The molecule has 2 nitrogen and oxygen atoms in total. The Morgan fingerprint density at radius 1 is 1.14 bits per heavy atom. The lowest BCUT2D eigenvalue weighted by Crippen LogP contribution is -2.36. The minimum atomic E-state index is -0.512. The lowest BCUT2D eigenvalue weighted by atomic mass is 9.70. The number of aliphatic hydroxyl groups is 1. The van der Waals surface area contributed by atoms with E-state index in [2.05, 4.69) is 12.1 Å². The van der Waals surface area contributed by atoms with E-state index in [1.54, 1.807) is 12.1 Å². The summed E-state index contributed by atoms with van der Waals surface area (Å²) in [4.78, 5) is 0. The van der Waals surface area contributed by atoms with Crippen LogP contribution in [0.25, 0.3) is 0 Å². The van der Waals surface area contributed by atoms with Crippen molar-refractivity contribution in [3.8, 4) is 0 Å². The molecule has 0 heterocycles. The number of nitrogens with two attached hydrogens (primary N) is 1. The fourth-order valence-electron chi connectivity index (χ4n) is 3.10. The molecular weight excluding hydrogens is 305 g/mol. The van der Waals surface area contributed by atoms with E-state index in [1.807, 2.05) is 18.2 Å². The van der Waals surface area contributed by atoms with E-state index in [0.717, 1.165) is 12.0 Å². The monoisotopic (exact) mass is 321 g/mol.